The Morgan fingerprint density at radius 2 is 1.64 bits per heavy atom. The first-order chi connectivity index (χ1) is 13.6. The van der Waals surface area contributed by atoms with Crippen LogP contribution in [0.1, 0.15) is 5.56 Å². The molecule has 0 fully saturated rings. The van der Waals surface area contributed by atoms with Crippen LogP contribution in [0.4, 0.5) is 8.78 Å². The normalized spacial score (nSPS) is 11.0. The van der Waals surface area contributed by atoms with E-state index in [1.807, 2.05) is 53.1 Å². The van der Waals surface area contributed by atoms with E-state index in [9.17, 15) is 8.78 Å². The third-order valence-corrected chi connectivity index (χ3v) is 5.43. The molecule has 0 radical (unpaired) electrons. The molecule has 7 heteroatoms. The molecular weight excluding hydrogens is 400 g/mol. The van der Waals surface area contributed by atoms with E-state index in [4.69, 9.17) is 11.6 Å². The highest BCUT2D eigenvalue weighted by Gasteiger charge is 2.18. The number of para-hydroxylation sites is 1. The molecule has 0 atom stereocenters. The van der Waals surface area contributed by atoms with E-state index in [2.05, 4.69) is 10.2 Å². The molecule has 3 nitrogen and oxygen atoms in total. The average Bonchev–Trinajstić information content (AvgIpc) is 3.13. The SMILES string of the molecule is Fc1ccc(F)c(CSc2nnc(-c3ccccc3Cl)n2-c2ccccc2)c1. The molecule has 0 saturated carbocycles. The van der Waals surface area contributed by atoms with Gasteiger partial charge in [0.25, 0.3) is 0 Å². The quantitative estimate of drug-likeness (QED) is 0.367. The Balaban J connectivity index is 1.76. The van der Waals surface area contributed by atoms with Crippen molar-refractivity contribution in [1.82, 2.24) is 14.8 Å². The van der Waals surface area contributed by atoms with Gasteiger partial charge in [-0.05, 0) is 42.5 Å². The Kier molecular flexibility index (Phi) is 5.41. The van der Waals surface area contributed by atoms with Crippen molar-refractivity contribution in [2.45, 2.75) is 10.9 Å². The van der Waals surface area contributed by atoms with Crippen LogP contribution in [0.2, 0.25) is 5.02 Å². The number of rotatable bonds is 5. The van der Waals surface area contributed by atoms with Gasteiger partial charge in [-0.15, -0.1) is 10.2 Å². The van der Waals surface area contributed by atoms with Crippen LogP contribution in [0.25, 0.3) is 17.1 Å². The lowest BCUT2D eigenvalue weighted by atomic mass is 10.2. The monoisotopic (exact) mass is 413 g/mol. The van der Waals surface area contributed by atoms with Crippen LogP contribution in [0.5, 0.6) is 0 Å². The van der Waals surface area contributed by atoms with Crippen LogP contribution in [-0.4, -0.2) is 14.8 Å². The maximum absolute atomic E-state index is 14.0. The fraction of sp³-hybridized carbons (Fsp3) is 0.0476. The summed E-state index contributed by atoms with van der Waals surface area (Å²) in [6.45, 7) is 0. The molecule has 0 unspecified atom stereocenters. The molecule has 0 spiro atoms. The van der Waals surface area contributed by atoms with Crippen LogP contribution in [0, 0.1) is 11.6 Å². The minimum atomic E-state index is -0.474. The van der Waals surface area contributed by atoms with Gasteiger partial charge in [0, 0.05) is 22.6 Å². The van der Waals surface area contributed by atoms with Crippen molar-refractivity contribution in [3.63, 3.8) is 0 Å². The van der Waals surface area contributed by atoms with Gasteiger partial charge in [0.05, 0.1) is 5.02 Å². The van der Waals surface area contributed by atoms with E-state index in [-0.39, 0.29) is 11.3 Å². The summed E-state index contributed by atoms with van der Waals surface area (Å²) >= 11 is 7.64. The fourth-order valence-corrected chi connectivity index (χ4v) is 3.93. The molecule has 0 saturated heterocycles. The molecular formula is C21H14ClF2N3S. The number of halogens is 3. The minimum absolute atomic E-state index is 0.219. The number of hydrogen-bond acceptors (Lipinski definition) is 3. The van der Waals surface area contributed by atoms with Gasteiger partial charge in [-0.2, -0.15) is 0 Å². The molecule has 0 bridgehead atoms. The summed E-state index contributed by atoms with van der Waals surface area (Å²) in [5.41, 5.74) is 1.86. The maximum Gasteiger partial charge on any atom is 0.196 e. The van der Waals surface area contributed by atoms with Gasteiger partial charge in [0.2, 0.25) is 0 Å². The van der Waals surface area contributed by atoms with Gasteiger partial charge in [0.1, 0.15) is 11.6 Å². The zero-order valence-corrected chi connectivity index (χ0v) is 16.1. The van der Waals surface area contributed by atoms with Gasteiger partial charge in [-0.3, -0.25) is 4.57 Å². The summed E-state index contributed by atoms with van der Waals surface area (Å²) in [4.78, 5) is 0. The largest absolute Gasteiger partial charge is 0.270 e. The first-order valence-electron chi connectivity index (χ1n) is 8.46. The van der Waals surface area contributed by atoms with E-state index in [1.54, 1.807) is 6.07 Å². The molecule has 0 aliphatic rings. The van der Waals surface area contributed by atoms with Crippen molar-refractivity contribution in [3.05, 3.63) is 95.0 Å². The first kappa shape index (κ1) is 18.7. The van der Waals surface area contributed by atoms with E-state index in [1.165, 1.54) is 17.8 Å². The second kappa shape index (κ2) is 8.12. The molecule has 1 aromatic heterocycles. The summed E-state index contributed by atoms with van der Waals surface area (Å²) < 4.78 is 29.3. The molecule has 28 heavy (non-hydrogen) atoms. The van der Waals surface area contributed by atoms with E-state index in [0.29, 0.717) is 16.0 Å². The highest BCUT2D eigenvalue weighted by molar-refractivity contribution is 7.98. The lowest BCUT2D eigenvalue weighted by molar-refractivity contribution is 0.591. The number of thioether (sulfide) groups is 1. The molecule has 1 heterocycles. The Bertz CT molecular complexity index is 1120. The predicted octanol–water partition coefficient (Wildman–Crippen LogP) is 6.16. The van der Waals surface area contributed by atoms with Crippen LogP contribution in [0.3, 0.4) is 0 Å². The number of benzene rings is 3. The third kappa shape index (κ3) is 3.79. The van der Waals surface area contributed by atoms with Gasteiger partial charge in [-0.1, -0.05) is 53.7 Å². The van der Waals surface area contributed by atoms with Gasteiger partial charge in [-0.25, -0.2) is 8.78 Å². The van der Waals surface area contributed by atoms with Gasteiger partial charge >= 0.3 is 0 Å². The zero-order chi connectivity index (χ0) is 19.5. The fourth-order valence-electron chi connectivity index (χ4n) is 2.79. The first-order valence-corrected chi connectivity index (χ1v) is 9.82. The molecule has 3 aromatic carbocycles. The second-order valence-corrected chi connectivity index (χ2v) is 7.33. The van der Waals surface area contributed by atoms with Crippen molar-refractivity contribution in [1.29, 1.82) is 0 Å². The zero-order valence-electron chi connectivity index (χ0n) is 14.5. The average molecular weight is 414 g/mol. The molecule has 0 aliphatic carbocycles. The lowest BCUT2D eigenvalue weighted by Gasteiger charge is -2.11. The molecule has 0 amide bonds. The van der Waals surface area contributed by atoms with E-state index < -0.39 is 11.6 Å². The Morgan fingerprint density at radius 1 is 0.893 bits per heavy atom. The van der Waals surface area contributed by atoms with Crippen molar-refractivity contribution in [2.75, 3.05) is 0 Å². The standard InChI is InChI=1S/C21H14ClF2N3S/c22-18-9-5-4-8-17(18)20-25-26-21(27(20)16-6-2-1-3-7-16)28-13-14-12-15(23)10-11-19(14)24/h1-12H,13H2. The molecule has 0 N–H and O–H groups in total. The van der Waals surface area contributed by atoms with Crippen LogP contribution >= 0.6 is 23.4 Å². The Labute approximate surface area is 170 Å². The van der Waals surface area contributed by atoms with E-state index in [0.717, 1.165) is 23.4 Å². The highest BCUT2D eigenvalue weighted by atomic mass is 35.5. The van der Waals surface area contributed by atoms with Gasteiger partial charge < -0.3 is 0 Å². The summed E-state index contributed by atoms with van der Waals surface area (Å²) in [6.07, 6.45) is 0. The van der Waals surface area contributed by atoms with Crippen molar-refractivity contribution >= 4 is 23.4 Å². The van der Waals surface area contributed by atoms with Crippen LogP contribution in [0.15, 0.2) is 78.0 Å². The third-order valence-electron chi connectivity index (χ3n) is 4.13. The predicted molar refractivity (Wildman–Crippen MR) is 108 cm³/mol. The minimum Gasteiger partial charge on any atom is -0.270 e. The van der Waals surface area contributed by atoms with E-state index >= 15 is 0 Å². The second-order valence-electron chi connectivity index (χ2n) is 5.98. The van der Waals surface area contributed by atoms with Crippen LogP contribution < -0.4 is 0 Å². The summed E-state index contributed by atoms with van der Waals surface area (Å²) in [6, 6.07) is 20.4. The van der Waals surface area contributed by atoms with Crippen LogP contribution in [-0.2, 0) is 5.75 Å². The smallest absolute Gasteiger partial charge is 0.196 e. The molecule has 4 rings (SSSR count). The highest BCUT2D eigenvalue weighted by Crippen LogP contribution is 2.33. The summed E-state index contributed by atoms with van der Waals surface area (Å²) in [7, 11) is 0. The maximum atomic E-state index is 14.0. The van der Waals surface area contributed by atoms with Crippen molar-refractivity contribution in [2.24, 2.45) is 0 Å². The lowest BCUT2D eigenvalue weighted by Crippen LogP contribution is -2.00. The Hall–Kier alpha value is -2.70. The number of nitrogens with zero attached hydrogens (tertiary/aromatic N) is 3. The Morgan fingerprint density at radius 3 is 2.43 bits per heavy atom. The molecule has 140 valence electrons. The number of hydrogen-bond donors (Lipinski definition) is 0. The number of aromatic nitrogens is 3. The van der Waals surface area contributed by atoms with Crippen molar-refractivity contribution < 1.29 is 8.78 Å². The summed E-state index contributed by atoms with van der Waals surface area (Å²) in [5.74, 6) is -0.125. The summed E-state index contributed by atoms with van der Waals surface area (Å²) in [5, 5.41) is 9.71. The van der Waals surface area contributed by atoms with Crippen molar-refractivity contribution in [3.8, 4) is 17.1 Å². The molecule has 0 aliphatic heterocycles. The topological polar surface area (TPSA) is 30.7 Å². The van der Waals surface area contributed by atoms with Gasteiger partial charge in [0.15, 0.2) is 11.0 Å². The molecule has 4 aromatic rings.